The second-order valence-electron chi connectivity index (χ2n) is 6.07. The molecule has 2 fully saturated rings. The first-order valence-electron chi connectivity index (χ1n) is 7.65. The van der Waals surface area contributed by atoms with E-state index in [1.54, 1.807) is 12.1 Å². The maximum absolute atomic E-state index is 13.9. The number of carbonyl (C=O) groups excluding carboxylic acids is 1. The first kappa shape index (κ1) is 18.5. The topological polar surface area (TPSA) is 64.4 Å². The van der Waals surface area contributed by atoms with Gasteiger partial charge in [0.25, 0.3) is 0 Å². The Hall–Kier alpha value is -0.880. The van der Waals surface area contributed by atoms with Crippen molar-refractivity contribution in [1.82, 2.24) is 5.32 Å². The van der Waals surface area contributed by atoms with Gasteiger partial charge in [-0.15, -0.1) is 12.4 Å². The molecule has 0 radical (unpaired) electrons. The molecule has 1 heterocycles. The van der Waals surface area contributed by atoms with Crippen LogP contribution < -0.4 is 11.1 Å². The molecule has 3 N–H and O–H groups in total. The van der Waals surface area contributed by atoms with E-state index in [1.807, 2.05) is 0 Å². The summed E-state index contributed by atoms with van der Waals surface area (Å²) in [4.78, 5) is 12.2. The Morgan fingerprint density at radius 3 is 2.74 bits per heavy atom. The Balaban J connectivity index is 0.00000192. The molecular formula is C16H21Cl2FN2O2. The molecule has 1 aromatic rings. The van der Waals surface area contributed by atoms with E-state index < -0.39 is 6.04 Å². The van der Waals surface area contributed by atoms with Gasteiger partial charge < -0.3 is 15.8 Å². The van der Waals surface area contributed by atoms with E-state index in [2.05, 4.69) is 5.32 Å². The van der Waals surface area contributed by atoms with Crippen LogP contribution in [0.2, 0.25) is 5.02 Å². The molecule has 1 saturated heterocycles. The van der Waals surface area contributed by atoms with Crippen molar-refractivity contribution >= 4 is 29.9 Å². The first-order chi connectivity index (χ1) is 10.6. The fourth-order valence-corrected chi connectivity index (χ4v) is 3.41. The first-order valence-corrected chi connectivity index (χ1v) is 8.03. The van der Waals surface area contributed by atoms with E-state index in [-0.39, 0.29) is 42.0 Å². The van der Waals surface area contributed by atoms with E-state index in [0.29, 0.717) is 30.2 Å². The lowest BCUT2D eigenvalue weighted by Gasteiger charge is -2.26. The van der Waals surface area contributed by atoms with Crippen molar-refractivity contribution in [2.24, 2.45) is 11.7 Å². The maximum Gasteiger partial charge on any atom is 0.237 e. The number of hydrogen-bond donors (Lipinski definition) is 2. The summed E-state index contributed by atoms with van der Waals surface area (Å²) in [6.07, 6.45) is 2.32. The van der Waals surface area contributed by atoms with Gasteiger partial charge in [0.1, 0.15) is 5.82 Å². The van der Waals surface area contributed by atoms with Crippen LogP contribution in [0.1, 0.15) is 30.7 Å². The number of amides is 1. The number of hydrogen-bond acceptors (Lipinski definition) is 3. The van der Waals surface area contributed by atoms with Crippen molar-refractivity contribution in [3.05, 3.63) is 34.6 Å². The van der Waals surface area contributed by atoms with Gasteiger partial charge in [0.15, 0.2) is 0 Å². The molecule has 1 aliphatic carbocycles. The summed E-state index contributed by atoms with van der Waals surface area (Å²) in [7, 11) is 0. The van der Waals surface area contributed by atoms with Crippen LogP contribution in [0.5, 0.6) is 0 Å². The Morgan fingerprint density at radius 2 is 2.09 bits per heavy atom. The number of carbonyl (C=O) groups is 1. The molecule has 3 unspecified atom stereocenters. The van der Waals surface area contributed by atoms with Crippen LogP contribution in [-0.4, -0.2) is 31.2 Å². The highest BCUT2D eigenvalue weighted by atomic mass is 35.5. The molecule has 0 bridgehead atoms. The molecule has 0 spiro atoms. The largest absolute Gasteiger partial charge is 0.381 e. The smallest absolute Gasteiger partial charge is 0.237 e. The predicted octanol–water partition coefficient (Wildman–Crippen LogP) is 2.63. The molecule has 1 saturated carbocycles. The third kappa shape index (κ3) is 4.15. The van der Waals surface area contributed by atoms with Crippen LogP contribution >= 0.6 is 24.0 Å². The summed E-state index contributed by atoms with van der Waals surface area (Å²) in [5.41, 5.74) is 6.54. The van der Waals surface area contributed by atoms with Crippen LogP contribution in [0.4, 0.5) is 4.39 Å². The van der Waals surface area contributed by atoms with Crippen molar-refractivity contribution in [2.45, 2.75) is 37.3 Å². The lowest BCUT2D eigenvalue weighted by Crippen LogP contribution is -2.47. The van der Waals surface area contributed by atoms with E-state index in [1.165, 1.54) is 6.07 Å². The van der Waals surface area contributed by atoms with Gasteiger partial charge in [0.2, 0.25) is 5.91 Å². The minimum Gasteiger partial charge on any atom is -0.381 e. The van der Waals surface area contributed by atoms with Crippen LogP contribution in [0.15, 0.2) is 18.2 Å². The number of benzene rings is 1. The van der Waals surface area contributed by atoms with Gasteiger partial charge in [0.05, 0.1) is 6.04 Å². The summed E-state index contributed by atoms with van der Waals surface area (Å²) >= 11 is 6.06. The highest BCUT2D eigenvalue weighted by Gasteiger charge is 2.43. The van der Waals surface area contributed by atoms with Crippen LogP contribution in [0.25, 0.3) is 0 Å². The maximum atomic E-state index is 13.9. The number of halogens is 3. The van der Waals surface area contributed by atoms with Gasteiger partial charge in [0, 0.05) is 35.8 Å². The van der Waals surface area contributed by atoms with E-state index in [9.17, 15) is 9.18 Å². The van der Waals surface area contributed by atoms with E-state index >= 15 is 0 Å². The molecule has 1 aliphatic heterocycles. The van der Waals surface area contributed by atoms with Gasteiger partial charge in [-0.1, -0.05) is 17.7 Å². The quantitative estimate of drug-likeness (QED) is 0.865. The molecule has 2 aliphatic rings. The van der Waals surface area contributed by atoms with Crippen LogP contribution in [0, 0.1) is 11.7 Å². The zero-order valence-corrected chi connectivity index (χ0v) is 14.2. The fourth-order valence-electron chi connectivity index (χ4n) is 3.11. The highest BCUT2D eigenvalue weighted by molar-refractivity contribution is 6.31. The number of nitrogens with two attached hydrogens (primary N) is 1. The Bertz CT molecular complexity index is 547. The molecule has 4 nitrogen and oxygen atoms in total. The summed E-state index contributed by atoms with van der Waals surface area (Å²) in [5, 5.41) is 3.34. The monoisotopic (exact) mass is 362 g/mol. The molecule has 3 atom stereocenters. The predicted molar refractivity (Wildman–Crippen MR) is 89.5 cm³/mol. The summed E-state index contributed by atoms with van der Waals surface area (Å²) in [6.45, 7) is 1.31. The van der Waals surface area contributed by atoms with Gasteiger partial charge in [-0.3, -0.25) is 4.79 Å². The van der Waals surface area contributed by atoms with E-state index in [4.69, 9.17) is 22.1 Å². The average molecular weight is 363 g/mol. The van der Waals surface area contributed by atoms with E-state index in [0.717, 1.165) is 12.8 Å². The van der Waals surface area contributed by atoms with Crippen LogP contribution in [0.3, 0.4) is 0 Å². The zero-order chi connectivity index (χ0) is 15.7. The molecular weight excluding hydrogens is 342 g/mol. The summed E-state index contributed by atoms with van der Waals surface area (Å²) in [6, 6.07) is 4.05. The normalized spacial score (nSPS) is 25.3. The lowest BCUT2D eigenvalue weighted by molar-refractivity contribution is -0.124. The zero-order valence-electron chi connectivity index (χ0n) is 12.6. The Kier molecular flexibility index (Phi) is 6.26. The second-order valence-corrected chi connectivity index (χ2v) is 6.48. The van der Waals surface area contributed by atoms with Crippen molar-refractivity contribution in [3.63, 3.8) is 0 Å². The molecule has 1 amide bonds. The lowest BCUT2D eigenvalue weighted by atomic mass is 9.92. The molecule has 128 valence electrons. The van der Waals surface area contributed by atoms with Crippen molar-refractivity contribution in [2.75, 3.05) is 13.2 Å². The van der Waals surface area contributed by atoms with Gasteiger partial charge in [-0.25, -0.2) is 4.39 Å². The Labute approximate surface area is 146 Å². The molecule has 3 rings (SSSR count). The fraction of sp³-hybridized carbons (Fsp3) is 0.562. The minimum absolute atomic E-state index is 0. The second kappa shape index (κ2) is 7.79. The third-order valence-electron chi connectivity index (χ3n) is 4.57. The number of ether oxygens (including phenoxy) is 1. The van der Waals surface area contributed by atoms with Gasteiger partial charge >= 0.3 is 0 Å². The number of rotatable bonds is 4. The Morgan fingerprint density at radius 1 is 1.39 bits per heavy atom. The molecule has 7 heteroatoms. The minimum atomic E-state index is -0.527. The van der Waals surface area contributed by atoms with Crippen LogP contribution in [-0.2, 0) is 9.53 Å². The van der Waals surface area contributed by atoms with Crippen molar-refractivity contribution < 1.29 is 13.9 Å². The number of nitrogens with one attached hydrogen (secondary N) is 1. The summed E-state index contributed by atoms with van der Waals surface area (Å²) in [5.74, 6) is -0.377. The molecule has 23 heavy (non-hydrogen) atoms. The SMILES string of the molecule is Cl.NC(C(=O)NC1CC1c1c(F)cccc1Cl)C1CCOCC1. The van der Waals surface area contributed by atoms with Gasteiger partial charge in [-0.05, 0) is 37.3 Å². The highest BCUT2D eigenvalue weighted by Crippen LogP contribution is 2.45. The third-order valence-corrected chi connectivity index (χ3v) is 4.89. The van der Waals surface area contributed by atoms with Gasteiger partial charge in [-0.2, -0.15) is 0 Å². The summed E-state index contributed by atoms with van der Waals surface area (Å²) < 4.78 is 19.1. The molecule has 1 aromatic carbocycles. The average Bonchev–Trinajstić information content (AvgIpc) is 3.26. The van der Waals surface area contributed by atoms with Crippen molar-refractivity contribution in [1.29, 1.82) is 0 Å². The molecule has 0 aromatic heterocycles. The van der Waals surface area contributed by atoms with Crippen molar-refractivity contribution in [3.8, 4) is 0 Å². The standard InChI is InChI=1S/C16H20ClFN2O2.ClH/c17-11-2-1-3-12(18)14(11)10-8-13(10)20-16(21)15(19)9-4-6-22-7-5-9;/h1-3,9-10,13,15H,4-8,19H2,(H,20,21);1H.